The van der Waals surface area contributed by atoms with Gasteiger partial charge in [-0.05, 0) is 44.7 Å². The molecule has 2 aromatic rings. The second-order valence-corrected chi connectivity index (χ2v) is 7.72. The molecule has 2 fully saturated rings. The van der Waals surface area contributed by atoms with Crippen molar-refractivity contribution in [3.8, 4) is 5.69 Å². The molecule has 0 unspecified atom stereocenters. The number of benzene rings is 1. The van der Waals surface area contributed by atoms with Crippen LogP contribution in [0, 0.1) is 6.92 Å². The number of nitrogens with one attached hydrogen (secondary N) is 1. The maximum Gasteiger partial charge on any atom is 0.232 e. The van der Waals surface area contributed by atoms with Gasteiger partial charge in [0.15, 0.2) is 5.16 Å². The number of nitrogens with zero attached hydrogens (tertiary/aromatic N) is 4. The van der Waals surface area contributed by atoms with Crippen molar-refractivity contribution in [2.75, 3.05) is 23.7 Å². The Morgan fingerprint density at radius 2 is 1.92 bits per heavy atom. The van der Waals surface area contributed by atoms with Crippen LogP contribution in [0.5, 0.6) is 0 Å². The summed E-state index contributed by atoms with van der Waals surface area (Å²) in [4.78, 5) is 14.3. The fourth-order valence-electron chi connectivity index (χ4n) is 3.02. The Kier molecular flexibility index (Phi) is 4.65. The minimum atomic E-state index is 0.0775. The summed E-state index contributed by atoms with van der Waals surface area (Å²) in [5.74, 6) is 1.33. The van der Waals surface area contributed by atoms with Gasteiger partial charge < -0.3 is 10.2 Å². The lowest BCUT2D eigenvalue weighted by Gasteiger charge is -2.18. The number of anilines is 1. The van der Waals surface area contributed by atoms with Crippen LogP contribution in [0.25, 0.3) is 5.69 Å². The molecule has 1 aromatic carbocycles. The molecule has 1 aliphatic carbocycles. The van der Waals surface area contributed by atoms with Crippen LogP contribution < -0.4 is 10.2 Å². The van der Waals surface area contributed by atoms with E-state index in [0.29, 0.717) is 11.8 Å². The number of carbonyl (C=O) groups excluding carboxylic acids is 1. The number of carbonyl (C=O) groups is 1. The van der Waals surface area contributed by atoms with Crippen LogP contribution in [0.2, 0.25) is 0 Å². The van der Waals surface area contributed by atoms with Gasteiger partial charge in [0.2, 0.25) is 11.9 Å². The number of thioether (sulfide) groups is 1. The van der Waals surface area contributed by atoms with Crippen molar-refractivity contribution in [3.63, 3.8) is 0 Å². The second kappa shape index (κ2) is 7.07. The van der Waals surface area contributed by atoms with Crippen LogP contribution >= 0.6 is 11.8 Å². The summed E-state index contributed by atoms with van der Waals surface area (Å²) in [6.45, 7) is 4.10. The van der Waals surface area contributed by atoms with E-state index in [0.717, 1.165) is 42.7 Å². The summed E-state index contributed by atoms with van der Waals surface area (Å²) in [5, 5.41) is 12.6. The zero-order valence-corrected chi connectivity index (χ0v) is 15.3. The first kappa shape index (κ1) is 16.4. The molecule has 1 aliphatic heterocycles. The van der Waals surface area contributed by atoms with E-state index in [-0.39, 0.29) is 5.91 Å². The van der Waals surface area contributed by atoms with Gasteiger partial charge >= 0.3 is 0 Å². The van der Waals surface area contributed by atoms with Crippen molar-refractivity contribution >= 4 is 23.6 Å². The lowest BCUT2D eigenvalue weighted by atomic mass is 10.2. The quantitative estimate of drug-likeness (QED) is 0.805. The third-order valence-electron chi connectivity index (χ3n) is 4.57. The van der Waals surface area contributed by atoms with Crippen molar-refractivity contribution < 1.29 is 4.79 Å². The fourth-order valence-corrected chi connectivity index (χ4v) is 3.78. The lowest BCUT2D eigenvalue weighted by Crippen LogP contribution is -2.27. The standard InChI is InChI=1S/C18H23N5OS/c1-13-4-8-15(9-5-13)23-17(22-10-2-3-11-22)20-21-18(23)25-12-16(24)19-14-6-7-14/h4-5,8-9,14H,2-3,6-7,10-12H2,1H3,(H,19,24). The first-order valence-electron chi connectivity index (χ1n) is 8.90. The summed E-state index contributed by atoms with van der Waals surface area (Å²) in [6, 6.07) is 8.76. The van der Waals surface area contributed by atoms with Crippen molar-refractivity contribution in [2.45, 2.75) is 43.8 Å². The molecule has 2 heterocycles. The average Bonchev–Trinajstić information content (AvgIpc) is 3.11. The maximum absolute atomic E-state index is 12.0. The molecule has 4 rings (SSSR count). The predicted molar refractivity (Wildman–Crippen MR) is 99.4 cm³/mol. The first-order valence-corrected chi connectivity index (χ1v) is 9.89. The van der Waals surface area contributed by atoms with Crippen LogP contribution in [0.1, 0.15) is 31.2 Å². The molecule has 0 spiro atoms. The van der Waals surface area contributed by atoms with Gasteiger partial charge in [-0.2, -0.15) is 0 Å². The van der Waals surface area contributed by atoms with Crippen LogP contribution in [0.15, 0.2) is 29.4 Å². The molecule has 6 nitrogen and oxygen atoms in total. The minimum Gasteiger partial charge on any atom is -0.353 e. The SMILES string of the molecule is Cc1ccc(-n2c(SCC(=O)NC3CC3)nnc2N2CCCC2)cc1. The predicted octanol–water partition coefficient (Wildman–Crippen LogP) is 2.55. The largest absolute Gasteiger partial charge is 0.353 e. The van der Waals surface area contributed by atoms with Crippen molar-refractivity contribution in [2.24, 2.45) is 0 Å². The van der Waals surface area contributed by atoms with Crippen LogP contribution in [-0.4, -0.2) is 45.6 Å². The fraction of sp³-hybridized carbons (Fsp3) is 0.500. The van der Waals surface area contributed by atoms with E-state index in [1.165, 1.54) is 30.2 Å². The van der Waals surface area contributed by atoms with E-state index in [1.807, 2.05) is 0 Å². The highest BCUT2D eigenvalue weighted by Crippen LogP contribution is 2.29. The Bertz CT molecular complexity index is 747. The second-order valence-electron chi connectivity index (χ2n) is 6.78. The highest BCUT2D eigenvalue weighted by Gasteiger charge is 2.25. The molecule has 1 N–H and O–H groups in total. The Balaban J connectivity index is 1.58. The van der Waals surface area contributed by atoms with Gasteiger partial charge in [-0.25, -0.2) is 0 Å². The summed E-state index contributed by atoms with van der Waals surface area (Å²) in [6.07, 6.45) is 4.59. The Morgan fingerprint density at radius 1 is 1.20 bits per heavy atom. The van der Waals surface area contributed by atoms with Gasteiger partial charge in [-0.15, -0.1) is 10.2 Å². The van der Waals surface area contributed by atoms with E-state index in [4.69, 9.17) is 0 Å². The van der Waals surface area contributed by atoms with Crippen LogP contribution in [-0.2, 0) is 4.79 Å². The van der Waals surface area contributed by atoms with Gasteiger partial charge in [-0.3, -0.25) is 9.36 Å². The smallest absolute Gasteiger partial charge is 0.232 e. The molecule has 1 saturated heterocycles. The van der Waals surface area contributed by atoms with Gasteiger partial charge in [0.25, 0.3) is 0 Å². The van der Waals surface area contributed by atoms with Gasteiger partial charge in [0.05, 0.1) is 11.4 Å². The Hall–Kier alpha value is -2.02. The number of hydrogen-bond acceptors (Lipinski definition) is 5. The lowest BCUT2D eigenvalue weighted by molar-refractivity contribution is -0.118. The Labute approximate surface area is 152 Å². The molecule has 0 atom stereocenters. The topological polar surface area (TPSA) is 63.1 Å². The number of amides is 1. The van der Waals surface area contributed by atoms with Gasteiger partial charge in [0.1, 0.15) is 0 Å². The number of aryl methyl sites for hydroxylation is 1. The first-order chi connectivity index (χ1) is 12.2. The molecule has 132 valence electrons. The molecule has 1 saturated carbocycles. The summed E-state index contributed by atoms with van der Waals surface area (Å²) >= 11 is 1.45. The molecule has 0 radical (unpaired) electrons. The maximum atomic E-state index is 12.0. The van der Waals surface area contributed by atoms with Gasteiger partial charge in [-0.1, -0.05) is 29.5 Å². The summed E-state index contributed by atoms with van der Waals surface area (Å²) in [7, 11) is 0. The molecule has 0 bridgehead atoms. The normalized spacial score (nSPS) is 17.1. The highest BCUT2D eigenvalue weighted by atomic mass is 32.2. The molecule has 1 amide bonds. The number of aromatic nitrogens is 3. The monoisotopic (exact) mass is 357 g/mol. The molecule has 7 heteroatoms. The van der Waals surface area contributed by atoms with Crippen LogP contribution in [0.4, 0.5) is 5.95 Å². The van der Waals surface area contributed by atoms with E-state index in [1.54, 1.807) is 0 Å². The summed E-state index contributed by atoms with van der Waals surface area (Å²) in [5.41, 5.74) is 2.26. The van der Waals surface area contributed by atoms with E-state index >= 15 is 0 Å². The van der Waals surface area contributed by atoms with Crippen LogP contribution in [0.3, 0.4) is 0 Å². The Morgan fingerprint density at radius 3 is 2.60 bits per heavy atom. The van der Waals surface area contributed by atoms with Crippen molar-refractivity contribution in [1.82, 2.24) is 20.1 Å². The molecular weight excluding hydrogens is 334 g/mol. The summed E-state index contributed by atoms with van der Waals surface area (Å²) < 4.78 is 2.08. The highest BCUT2D eigenvalue weighted by molar-refractivity contribution is 7.99. The third kappa shape index (κ3) is 3.81. The molecular formula is C18H23N5OS. The molecule has 25 heavy (non-hydrogen) atoms. The van der Waals surface area contributed by atoms with E-state index in [2.05, 4.69) is 56.2 Å². The number of rotatable bonds is 6. The zero-order valence-electron chi connectivity index (χ0n) is 14.4. The minimum absolute atomic E-state index is 0.0775. The zero-order chi connectivity index (χ0) is 17.2. The van der Waals surface area contributed by atoms with E-state index < -0.39 is 0 Å². The van der Waals surface area contributed by atoms with E-state index in [9.17, 15) is 4.79 Å². The van der Waals surface area contributed by atoms with Crippen molar-refractivity contribution in [3.05, 3.63) is 29.8 Å². The molecule has 1 aromatic heterocycles. The number of hydrogen-bond donors (Lipinski definition) is 1. The average molecular weight is 357 g/mol. The van der Waals surface area contributed by atoms with Gasteiger partial charge in [0, 0.05) is 19.1 Å². The third-order valence-corrected chi connectivity index (χ3v) is 5.50. The molecule has 2 aliphatic rings. The van der Waals surface area contributed by atoms with Crippen molar-refractivity contribution in [1.29, 1.82) is 0 Å².